The summed E-state index contributed by atoms with van der Waals surface area (Å²) in [5.74, 6) is -1.10. The second kappa shape index (κ2) is 31.3. The molecular weight excluding hydrogens is 1400 g/mol. The normalized spacial score (nSPS) is 55.2. The van der Waals surface area contributed by atoms with Gasteiger partial charge in [0.1, 0.15) is 146 Å². The van der Waals surface area contributed by atoms with Crippen LogP contribution in [0.25, 0.3) is 0 Å². The van der Waals surface area contributed by atoms with Gasteiger partial charge in [0.2, 0.25) is 6.29 Å². The van der Waals surface area contributed by atoms with E-state index in [9.17, 15) is 102 Å². The molecule has 35 heteroatoms. The Morgan fingerprint density at radius 2 is 1.07 bits per heavy atom. The summed E-state index contributed by atoms with van der Waals surface area (Å²) in [7, 11) is 0. The quantitative estimate of drug-likeness (QED) is 0.0345. The highest BCUT2D eigenvalue weighted by Crippen LogP contribution is 2.76. The Balaban J connectivity index is 0.723. The summed E-state index contributed by atoms with van der Waals surface area (Å²) in [6, 6.07) is 0. The largest absolute Gasteiger partial charge is 0.432 e. The lowest BCUT2D eigenvalue weighted by molar-refractivity contribution is -0.383. The van der Waals surface area contributed by atoms with Crippen LogP contribution in [-0.2, 0) is 71.1 Å². The highest BCUT2D eigenvalue weighted by molar-refractivity contribution is 5.79. The fraction of sp³-hybridized carbons (Fsp3) is 0.957. The van der Waals surface area contributed by atoms with Crippen LogP contribution in [-0.4, -0.2) is 357 Å². The molecule has 7 saturated heterocycles. The summed E-state index contributed by atoms with van der Waals surface area (Å²) in [6.45, 7) is 12.6. The zero-order valence-electron chi connectivity index (χ0n) is 60.3. The summed E-state index contributed by atoms with van der Waals surface area (Å²) in [4.78, 5) is 15.6. The minimum Gasteiger partial charge on any atom is -0.432 e. The van der Waals surface area contributed by atoms with Crippen molar-refractivity contribution in [1.29, 1.82) is 0 Å². The molecule has 42 unspecified atom stereocenters. The van der Waals surface area contributed by atoms with Crippen LogP contribution >= 0.6 is 0 Å². The average molecular weight is 1520 g/mol. The van der Waals surface area contributed by atoms with Crippen LogP contribution in [0.5, 0.6) is 0 Å². The van der Waals surface area contributed by atoms with Crippen molar-refractivity contribution in [3.63, 3.8) is 0 Å². The van der Waals surface area contributed by atoms with E-state index in [1.807, 2.05) is 6.92 Å². The molecular formula is C70H114O35. The molecule has 0 spiro atoms. The summed E-state index contributed by atoms with van der Waals surface area (Å²) in [5, 5.41) is 218. The van der Waals surface area contributed by atoms with Crippen molar-refractivity contribution in [2.24, 2.45) is 50.2 Å². The third-order valence-electron chi connectivity index (χ3n) is 27.1. The maximum atomic E-state index is 15.6. The Hall–Kier alpha value is -2.11. The first-order chi connectivity index (χ1) is 49.3. The molecule has 105 heavy (non-hydrogen) atoms. The summed E-state index contributed by atoms with van der Waals surface area (Å²) in [6.07, 6.45) is -48.1. The highest BCUT2D eigenvalue weighted by Gasteiger charge is 2.71. The number of carbonyl (C=O) groups excluding carboxylic acids is 1. The molecule has 12 aliphatic rings. The lowest BCUT2D eigenvalue weighted by Crippen LogP contribution is -2.67. The Labute approximate surface area is 607 Å². The van der Waals surface area contributed by atoms with Crippen molar-refractivity contribution < 1.29 is 173 Å². The smallest absolute Gasteiger partial charge is 0.315 e. The lowest BCUT2D eigenvalue weighted by Gasteiger charge is -2.71. The van der Waals surface area contributed by atoms with E-state index in [2.05, 4.69) is 40.7 Å². The first-order valence-electron chi connectivity index (χ1n) is 37.1. The topological polar surface area (TPSA) is 551 Å². The Bertz CT molecular complexity index is 2970. The van der Waals surface area contributed by atoms with Gasteiger partial charge in [-0.1, -0.05) is 53.2 Å². The van der Waals surface area contributed by atoms with Crippen LogP contribution in [0.3, 0.4) is 0 Å². The van der Waals surface area contributed by atoms with Gasteiger partial charge in [-0.15, -0.1) is 0 Å². The van der Waals surface area contributed by atoms with E-state index in [-0.39, 0.29) is 35.2 Å². The highest BCUT2D eigenvalue weighted by atomic mass is 16.8. The molecule has 11 fully saturated rings. The maximum Gasteiger partial charge on any atom is 0.315 e. The first-order valence-corrected chi connectivity index (χ1v) is 37.1. The van der Waals surface area contributed by atoms with Gasteiger partial charge in [-0.25, -0.2) is 0 Å². The third kappa shape index (κ3) is 14.5. The number of allylic oxidation sites excluding steroid dienone is 2. The molecule has 0 radical (unpaired) electrons. The number of ether oxygens (including phenoxy) is 14. The minimum absolute atomic E-state index is 0.0356. The van der Waals surface area contributed by atoms with Gasteiger partial charge in [0, 0.05) is 5.41 Å². The second-order valence-corrected chi connectivity index (χ2v) is 33.6. The van der Waals surface area contributed by atoms with Crippen molar-refractivity contribution in [3.8, 4) is 0 Å². The molecule has 0 aromatic rings. The second-order valence-electron chi connectivity index (χ2n) is 33.6. The van der Waals surface area contributed by atoms with E-state index in [0.29, 0.717) is 64.2 Å². The van der Waals surface area contributed by atoms with Crippen molar-refractivity contribution in [1.82, 2.24) is 0 Å². The lowest BCUT2D eigenvalue weighted by atomic mass is 9.33. The van der Waals surface area contributed by atoms with Gasteiger partial charge in [-0.05, 0) is 117 Å². The number of hydrogen-bond acceptors (Lipinski definition) is 35. The van der Waals surface area contributed by atoms with Gasteiger partial charge in [0.05, 0.1) is 63.4 Å². The van der Waals surface area contributed by atoms with Gasteiger partial charge >= 0.3 is 5.97 Å². The van der Waals surface area contributed by atoms with Gasteiger partial charge < -0.3 is 168 Å². The Kier molecular flexibility index (Phi) is 24.6. The molecule has 12 rings (SSSR count). The van der Waals surface area contributed by atoms with Gasteiger partial charge in [-0.2, -0.15) is 0 Å². The number of rotatable bonds is 18. The number of aliphatic hydroxyl groups excluding tert-OH is 20. The Morgan fingerprint density at radius 1 is 0.476 bits per heavy atom. The molecule has 0 bridgehead atoms. The molecule has 20 N–H and O–H groups in total. The number of fused-ring (bicyclic) bond motifs is 7. The molecule has 604 valence electrons. The first kappa shape index (κ1) is 82.4. The van der Waals surface area contributed by atoms with Crippen LogP contribution in [0.15, 0.2) is 11.6 Å². The van der Waals surface area contributed by atoms with E-state index >= 15 is 4.79 Å². The van der Waals surface area contributed by atoms with Crippen LogP contribution in [0, 0.1) is 50.2 Å². The van der Waals surface area contributed by atoms with Crippen LogP contribution in [0.2, 0.25) is 0 Å². The molecule has 42 atom stereocenters. The van der Waals surface area contributed by atoms with E-state index in [0.717, 1.165) is 5.57 Å². The maximum absolute atomic E-state index is 15.6. The monoisotopic (exact) mass is 1510 g/mol. The predicted molar refractivity (Wildman–Crippen MR) is 347 cm³/mol. The molecule has 0 aromatic heterocycles. The minimum atomic E-state index is -1.95. The fourth-order valence-electron chi connectivity index (χ4n) is 20.2. The number of hydrogen-bond donors (Lipinski definition) is 20. The summed E-state index contributed by atoms with van der Waals surface area (Å²) >= 11 is 0. The van der Waals surface area contributed by atoms with Crippen molar-refractivity contribution in [2.75, 3.05) is 39.6 Å². The van der Waals surface area contributed by atoms with Crippen LogP contribution < -0.4 is 0 Å². The van der Waals surface area contributed by atoms with Crippen molar-refractivity contribution in [3.05, 3.63) is 11.6 Å². The SMILES string of the molecule is CC1OC(OC(=O)C23CCC(C)(C)CC2C2=CCC4C5(C)CCC(OC6OCC(O)C(O)C6OC6OC(C)C(O)C(OC7OCC(OC8OC(CO)C(O)C(O)C8O)C(O)C7O)C6O)C(C)(CO)C5CCC4(C)C2(C)CC3)C(OC2C(CO)OC(OCC3OC(O)C(O)C(O)C3O)C(O)C2O)C(O)C1O. The third-order valence-corrected chi connectivity index (χ3v) is 27.1. The molecule has 35 nitrogen and oxygen atoms in total. The fourth-order valence-corrected chi connectivity index (χ4v) is 20.2. The average Bonchev–Trinajstić information content (AvgIpc) is 0.674. The van der Waals surface area contributed by atoms with Gasteiger partial charge in [-0.3, -0.25) is 4.79 Å². The number of esters is 1. The Morgan fingerprint density at radius 3 is 1.76 bits per heavy atom. The van der Waals surface area contributed by atoms with E-state index in [1.54, 1.807) is 0 Å². The van der Waals surface area contributed by atoms with E-state index in [1.165, 1.54) is 13.8 Å². The standard InChI is InChI=1S/C70H114O35/c1-26-38(75)46(83)56(102-53-32(21-72)99-58(51(88)47(53)84)93-23-33-42(79)44(81)48(85)57(90)97-33)63(96-26)105-64(91)70-17-15-65(3,4)19-29(70)28-9-10-36-66(5)13-12-37(67(6,25-73)35(66)11-14-69(36,8)68(28,7)16-18-70)101-62-55(40(77)30(74)22-92-62)104-61-52(89)54(39(76)27(2)95-61)103-59-49(86)43(80)34(24-94-59)100-60-50(87)45(82)41(78)31(20-71)98-60/h9,26-27,29-63,71-90H,10-25H2,1-8H3. The van der Waals surface area contributed by atoms with Crippen LogP contribution in [0.1, 0.15) is 120 Å². The molecule has 0 aromatic carbocycles. The molecule has 7 aliphatic heterocycles. The number of carbonyl (C=O) groups is 1. The zero-order chi connectivity index (χ0) is 76.4. The van der Waals surface area contributed by atoms with Crippen LogP contribution in [0.4, 0.5) is 0 Å². The predicted octanol–water partition coefficient (Wildman–Crippen LogP) is -6.26. The zero-order valence-corrected chi connectivity index (χ0v) is 60.3. The van der Waals surface area contributed by atoms with E-state index < -0.39 is 270 Å². The van der Waals surface area contributed by atoms with Crippen molar-refractivity contribution >= 4 is 5.97 Å². The van der Waals surface area contributed by atoms with Crippen molar-refractivity contribution in [2.45, 2.75) is 328 Å². The van der Waals surface area contributed by atoms with Gasteiger partial charge in [0.15, 0.2) is 37.7 Å². The number of aliphatic hydroxyl groups is 20. The van der Waals surface area contributed by atoms with Gasteiger partial charge in [0.25, 0.3) is 0 Å². The molecule has 5 aliphatic carbocycles. The molecule has 4 saturated carbocycles. The summed E-state index contributed by atoms with van der Waals surface area (Å²) < 4.78 is 83.4. The summed E-state index contributed by atoms with van der Waals surface area (Å²) in [5.41, 5.74) is -2.46. The van der Waals surface area contributed by atoms with E-state index in [4.69, 9.17) is 66.3 Å². The molecule has 0 amide bonds. The molecule has 7 heterocycles.